The third-order valence-electron chi connectivity index (χ3n) is 8.62. The minimum Gasteiger partial charge on any atom is -0.487 e. The second kappa shape index (κ2) is 13.8. The number of pyridine rings is 1. The first-order valence-corrected chi connectivity index (χ1v) is 14.9. The fraction of sp³-hybridized carbons (Fsp3) is 0.353. The van der Waals surface area contributed by atoms with E-state index in [4.69, 9.17) is 12.7 Å². The Bertz CT molecular complexity index is 1460. The van der Waals surface area contributed by atoms with Crippen molar-refractivity contribution < 1.29 is 9.53 Å². The first-order valence-electron chi connectivity index (χ1n) is 14.9. The maximum Gasteiger partial charge on any atom is 0.238 e. The highest BCUT2D eigenvalue weighted by Crippen LogP contribution is 2.40. The van der Waals surface area contributed by atoms with Crippen molar-refractivity contribution in [1.82, 2.24) is 25.4 Å². The van der Waals surface area contributed by atoms with E-state index in [1.807, 2.05) is 42.5 Å². The number of amides is 1. The van der Waals surface area contributed by atoms with Gasteiger partial charge in [-0.05, 0) is 85.3 Å². The van der Waals surface area contributed by atoms with Crippen molar-refractivity contribution in [3.8, 4) is 17.0 Å². The molecule has 0 saturated carbocycles. The van der Waals surface area contributed by atoms with Crippen LogP contribution in [0, 0.1) is 11.8 Å². The molecule has 1 saturated heterocycles. The molecule has 2 radical (unpaired) electrons. The number of benzene rings is 2. The zero-order valence-electron chi connectivity index (χ0n) is 25.2. The molecule has 4 aromatic rings. The van der Waals surface area contributed by atoms with Crippen LogP contribution in [0.5, 0.6) is 5.75 Å². The van der Waals surface area contributed by atoms with Crippen molar-refractivity contribution in [2.75, 3.05) is 18.5 Å². The molecule has 2 N–H and O–H groups in total. The fourth-order valence-electron chi connectivity index (χ4n) is 5.52. The normalized spacial score (nSPS) is 15.5. The topological polar surface area (TPSA) is 92.3 Å². The number of rotatable bonds is 11. The van der Waals surface area contributed by atoms with Crippen LogP contribution in [0.4, 0.5) is 5.82 Å². The smallest absolute Gasteiger partial charge is 0.238 e. The highest BCUT2D eigenvalue weighted by molar-refractivity contribution is 6.04. The van der Waals surface area contributed by atoms with Crippen molar-refractivity contribution in [2.45, 2.75) is 52.1 Å². The van der Waals surface area contributed by atoms with Gasteiger partial charge in [-0.15, -0.1) is 10.2 Å². The quantitative estimate of drug-likeness (QED) is 0.175. The number of carbonyl (C=O) groups is 1. The van der Waals surface area contributed by atoms with Crippen molar-refractivity contribution in [2.24, 2.45) is 11.8 Å². The van der Waals surface area contributed by atoms with Crippen LogP contribution < -0.4 is 15.6 Å². The Morgan fingerprint density at radius 2 is 1.67 bits per heavy atom. The summed E-state index contributed by atoms with van der Waals surface area (Å²) in [7, 11) is 5.81. The molecule has 1 aliphatic rings. The maximum atomic E-state index is 12.3. The Morgan fingerprint density at radius 1 is 0.977 bits per heavy atom. The number of aromatic nitrogens is 3. The van der Waals surface area contributed by atoms with Crippen LogP contribution in [-0.4, -0.2) is 47.0 Å². The number of hydrogen-bond acceptors (Lipinski definition) is 7. The largest absolute Gasteiger partial charge is 0.487 e. The number of hydrogen-bond donors (Lipinski definition) is 2. The SMILES string of the molecule is [B]N1CCC(CC(=O)NNc2ccc(-c3ccc(C(C)(c4ccc(OCc5ccccn5)cc4)C(C)C)cc3)nn2)CC1. The summed E-state index contributed by atoms with van der Waals surface area (Å²) in [5.74, 6) is 1.96. The average molecular weight is 575 g/mol. The van der Waals surface area contributed by atoms with Crippen LogP contribution >= 0.6 is 0 Å². The van der Waals surface area contributed by atoms with E-state index in [2.05, 4.69) is 83.2 Å². The van der Waals surface area contributed by atoms with Crippen molar-refractivity contribution in [3.63, 3.8) is 0 Å². The van der Waals surface area contributed by atoms with E-state index in [0.717, 1.165) is 48.6 Å². The Labute approximate surface area is 255 Å². The van der Waals surface area contributed by atoms with Gasteiger partial charge in [0.2, 0.25) is 5.91 Å². The molecule has 9 heteroatoms. The molecule has 220 valence electrons. The third-order valence-corrected chi connectivity index (χ3v) is 8.62. The van der Waals surface area contributed by atoms with Crippen LogP contribution in [0.2, 0.25) is 0 Å². The Balaban J connectivity index is 1.19. The summed E-state index contributed by atoms with van der Waals surface area (Å²) in [4.78, 5) is 18.5. The van der Waals surface area contributed by atoms with Crippen LogP contribution in [0.1, 0.15) is 56.9 Å². The van der Waals surface area contributed by atoms with Gasteiger partial charge < -0.3 is 9.55 Å². The van der Waals surface area contributed by atoms with Gasteiger partial charge in [-0.25, -0.2) is 0 Å². The number of carbonyl (C=O) groups excluding carboxylic acids is 1. The van der Waals surface area contributed by atoms with E-state index in [-0.39, 0.29) is 11.3 Å². The molecule has 1 aliphatic heterocycles. The predicted octanol–water partition coefficient (Wildman–Crippen LogP) is 5.71. The molecule has 43 heavy (non-hydrogen) atoms. The molecule has 0 spiro atoms. The number of hydrazine groups is 1. The average Bonchev–Trinajstić information content (AvgIpc) is 3.04. The predicted molar refractivity (Wildman–Crippen MR) is 170 cm³/mol. The summed E-state index contributed by atoms with van der Waals surface area (Å²) in [6.45, 7) is 8.87. The number of nitrogens with one attached hydrogen (secondary N) is 2. The highest BCUT2D eigenvalue weighted by Gasteiger charge is 2.32. The maximum absolute atomic E-state index is 12.3. The molecular formula is C34H39BN6O2. The van der Waals surface area contributed by atoms with E-state index in [1.54, 1.807) is 11.0 Å². The zero-order chi connectivity index (χ0) is 30.2. The second-order valence-corrected chi connectivity index (χ2v) is 11.7. The van der Waals surface area contributed by atoms with Gasteiger partial charge in [0, 0.05) is 23.6 Å². The van der Waals surface area contributed by atoms with E-state index < -0.39 is 0 Å². The molecule has 2 aromatic heterocycles. The minimum atomic E-state index is -0.197. The number of piperidine rings is 1. The number of anilines is 1. The summed E-state index contributed by atoms with van der Waals surface area (Å²) < 4.78 is 5.95. The molecule has 1 amide bonds. The fourth-order valence-corrected chi connectivity index (χ4v) is 5.52. The standard InChI is InChI=1S/C34H39BN6O2/c1-24(2)34(3,28-11-13-30(14-12-28)43-23-29-6-4-5-19-36-29)27-9-7-26(8-10-27)31-15-16-32(38-37-31)39-40-33(42)22-25-17-20-41(35)21-18-25/h4-16,19,24-25H,17-18,20-23H2,1-3H3,(H,38,39)(H,40,42). The van der Waals surface area contributed by atoms with E-state index in [0.29, 0.717) is 30.7 Å². The lowest BCUT2D eigenvalue weighted by molar-refractivity contribution is -0.121. The molecule has 3 heterocycles. The Kier molecular flexibility index (Phi) is 9.72. The third kappa shape index (κ3) is 7.59. The molecule has 2 aromatic carbocycles. The summed E-state index contributed by atoms with van der Waals surface area (Å²) in [5, 5.41) is 8.64. The highest BCUT2D eigenvalue weighted by atomic mass is 16.5. The number of ether oxygens (including phenoxy) is 1. The summed E-state index contributed by atoms with van der Waals surface area (Å²) in [5.41, 5.74) is 10.5. The van der Waals surface area contributed by atoms with Crippen molar-refractivity contribution >= 4 is 19.7 Å². The molecule has 0 bridgehead atoms. The lowest BCUT2D eigenvalue weighted by atomic mass is 9.68. The monoisotopic (exact) mass is 574 g/mol. The lowest BCUT2D eigenvalue weighted by Crippen LogP contribution is -2.36. The molecule has 1 fully saturated rings. The van der Waals surface area contributed by atoms with Crippen LogP contribution in [0.25, 0.3) is 11.3 Å². The molecule has 0 aliphatic carbocycles. The Hall–Kier alpha value is -4.24. The summed E-state index contributed by atoms with van der Waals surface area (Å²) in [6.07, 6.45) is 4.11. The zero-order valence-corrected chi connectivity index (χ0v) is 25.2. The van der Waals surface area contributed by atoms with Gasteiger partial charge in [0.05, 0.1) is 11.4 Å². The van der Waals surface area contributed by atoms with Crippen molar-refractivity contribution in [1.29, 1.82) is 0 Å². The molecule has 1 atom stereocenters. The second-order valence-electron chi connectivity index (χ2n) is 11.7. The molecule has 8 nitrogen and oxygen atoms in total. The molecule has 1 unspecified atom stereocenters. The first-order chi connectivity index (χ1) is 20.8. The Morgan fingerprint density at radius 3 is 2.28 bits per heavy atom. The van der Waals surface area contributed by atoms with Gasteiger partial charge >= 0.3 is 0 Å². The summed E-state index contributed by atoms with van der Waals surface area (Å²) >= 11 is 0. The van der Waals surface area contributed by atoms with Gasteiger partial charge in [0.15, 0.2) is 13.8 Å². The van der Waals surface area contributed by atoms with Gasteiger partial charge in [-0.2, -0.15) is 0 Å². The van der Waals surface area contributed by atoms with Crippen LogP contribution in [-0.2, 0) is 16.8 Å². The molecule has 5 rings (SSSR count). The van der Waals surface area contributed by atoms with Gasteiger partial charge in [-0.1, -0.05) is 63.2 Å². The van der Waals surface area contributed by atoms with Crippen LogP contribution in [0.15, 0.2) is 85.1 Å². The summed E-state index contributed by atoms with van der Waals surface area (Å²) in [6, 6.07) is 26.4. The minimum absolute atomic E-state index is 0.0585. The first kappa shape index (κ1) is 30.2. The number of nitrogens with zero attached hydrogens (tertiary/aromatic N) is 4. The van der Waals surface area contributed by atoms with Crippen LogP contribution in [0.3, 0.4) is 0 Å². The van der Waals surface area contributed by atoms with E-state index >= 15 is 0 Å². The van der Waals surface area contributed by atoms with Crippen molar-refractivity contribution in [3.05, 3.63) is 102 Å². The van der Waals surface area contributed by atoms with Gasteiger partial charge in [-0.3, -0.25) is 20.6 Å². The van der Waals surface area contributed by atoms with Gasteiger partial charge in [0.25, 0.3) is 0 Å². The molecular weight excluding hydrogens is 535 g/mol. The van der Waals surface area contributed by atoms with Gasteiger partial charge in [0.1, 0.15) is 12.4 Å². The van der Waals surface area contributed by atoms with E-state index in [1.165, 1.54) is 11.1 Å². The lowest BCUT2D eigenvalue weighted by Gasteiger charge is -2.35. The van der Waals surface area contributed by atoms with E-state index in [9.17, 15) is 4.79 Å².